The third-order valence-corrected chi connectivity index (χ3v) is 6.80. The van der Waals surface area contributed by atoms with Crippen LogP contribution in [-0.2, 0) is 19.7 Å². The molecule has 0 saturated carbocycles. The highest BCUT2D eigenvalue weighted by molar-refractivity contribution is 8.14. The van der Waals surface area contributed by atoms with Crippen LogP contribution in [-0.4, -0.2) is 16.8 Å². The van der Waals surface area contributed by atoms with Gasteiger partial charge in [0.15, 0.2) is 0 Å². The summed E-state index contributed by atoms with van der Waals surface area (Å²) in [6, 6.07) is 14.4. The van der Waals surface area contributed by atoms with Crippen LogP contribution in [0.1, 0.15) is 0 Å². The smallest absolute Gasteiger partial charge is 0.213 e. The standard InChI is InChI=1S/C14H11O4S2/c1-12(19(15,16)13-8-4-2-5-9-13)20(17,18)14-10-6-3-7-11-14/h1-11H/q+1. The summed E-state index contributed by atoms with van der Waals surface area (Å²) >= 11 is 0. The molecule has 0 N–H and O–H groups in total. The third-order valence-electron chi connectivity index (χ3n) is 2.64. The Balaban J connectivity index is 2.53. The summed E-state index contributed by atoms with van der Waals surface area (Å²) in [5, 5.41) is 0. The molecule has 0 aliphatic carbocycles. The molecule has 0 heterocycles. The molecule has 0 fully saturated rings. The van der Waals surface area contributed by atoms with Crippen LogP contribution in [0, 0.1) is 6.58 Å². The van der Waals surface area contributed by atoms with Crippen LogP contribution in [0.25, 0.3) is 0 Å². The Morgan fingerprint density at radius 3 is 1.25 bits per heavy atom. The Morgan fingerprint density at radius 2 is 0.950 bits per heavy atom. The molecule has 0 aliphatic rings. The lowest BCUT2D eigenvalue weighted by atomic mass is 10.4. The number of rotatable bonds is 4. The van der Waals surface area contributed by atoms with Gasteiger partial charge in [0.1, 0.15) is 0 Å². The quantitative estimate of drug-likeness (QED) is 0.812. The highest BCUT2D eigenvalue weighted by Crippen LogP contribution is 2.26. The molecule has 0 spiro atoms. The summed E-state index contributed by atoms with van der Waals surface area (Å²) in [5.41, 5.74) is 0. The van der Waals surface area contributed by atoms with Crippen molar-refractivity contribution in [3.05, 3.63) is 71.5 Å². The predicted octanol–water partition coefficient (Wildman–Crippen LogP) is 2.21. The molecule has 0 saturated heterocycles. The minimum atomic E-state index is -4.24. The van der Waals surface area contributed by atoms with Crippen molar-refractivity contribution >= 4 is 19.7 Å². The largest absolute Gasteiger partial charge is 0.397 e. The minimum Gasteiger partial charge on any atom is -0.213 e. The SMILES string of the molecule is [CH+]=C(S(=O)(=O)c1ccccc1)S(=O)(=O)c1ccccc1. The molecule has 6 heteroatoms. The zero-order valence-electron chi connectivity index (χ0n) is 10.3. The predicted molar refractivity (Wildman–Crippen MR) is 75.1 cm³/mol. The van der Waals surface area contributed by atoms with Crippen molar-refractivity contribution in [3.63, 3.8) is 0 Å². The molecule has 0 atom stereocenters. The second kappa shape index (κ2) is 5.17. The van der Waals surface area contributed by atoms with Crippen molar-refractivity contribution in [3.8, 4) is 0 Å². The van der Waals surface area contributed by atoms with Gasteiger partial charge in [0.25, 0.3) is 19.7 Å². The summed E-state index contributed by atoms with van der Waals surface area (Å²) in [6.07, 6.45) is 0. The maximum Gasteiger partial charge on any atom is 0.397 e. The molecule has 0 unspecified atom stereocenters. The van der Waals surface area contributed by atoms with E-state index in [9.17, 15) is 16.8 Å². The topological polar surface area (TPSA) is 68.3 Å². The summed E-state index contributed by atoms with van der Waals surface area (Å²) in [4.78, 5) is -0.311. The van der Waals surface area contributed by atoms with E-state index >= 15 is 0 Å². The molecule has 2 rings (SSSR count). The molecule has 102 valence electrons. The maximum absolute atomic E-state index is 12.2. The van der Waals surface area contributed by atoms with Crippen molar-refractivity contribution in [1.82, 2.24) is 0 Å². The third kappa shape index (κ3) is 2.49. The van der Waals surface area contributed by atoms with Crippen molar-refractivity contribution in [2.45, 2.75) is 9.79 Å². The molecule has 20 heavy (non-hydrogen) atoms. The Kier molecular flexibility index (Phi) is 3.72. The van der Waals surface area contributed by atoms with Crippen LogP contribution in [0.4, 0.5) is 0 Å². The maximum atomic E-state index is 12.2. The van der Waals surface area contributed by atoms with Crippen molar-refractivity contribution in [2.24, 2.45) is 0 Å². The summed E-state index contributed by atoms with van der Waals surface area (Å²) in [6.45, 7) is 5.43. The Bertz CT molecular complexity index is 750. The van der Waals surface area contributed by atoms with Gasteiger partial charge in [0.2, 0.25) is 6.58 Å². The van der Waals surface area contributed by atoms with Gasteiger partial charge in [-0.15, -0.1) is 0 Å². The number of benzene rings is 2. The lowest BCUT2D eigenvalue weighted by Crippen LogP contribution is -2.14. The van der Waals surface area contributed by atoms with Gasteiger partial charge >= 0.3 is 4.24 Å². The summed E-state index contributed by atoms with van der Waals surface area (Å²) in [7, 11) is -8.48. The molecule has 4 nitrogen and oxygen atoms in total. The normalized spacial score (nSPS) is 11.9. The van der Waals surface area contributed by atoms with Gasteiger partial charge in [-0.25, -0.2) is 16.8 Å². The van der Waals surface area contributed by atoms with Crippen LogP contribution in [0.15, 0.2) is 74.7 Å². The first-order valence-corrected chi connectivity index (χ1v) is 8.56. The minimum absolute atomic E-state index is 0.156. The first-order chi connectivity index (χ1) is 9.37. The van der Waals surface area contributed by atoms with E-state index in [2.05, 4.69) is 0 Å². The molecule has 2 aromatic rings. The number of hydrogen-bond donors (Lipinski definition) is 0. The Morgan fingerprint density at radius 1 is 0.650 bits per heavy atom. The highest BCUT2D eigenvalue weighted by Gasteiger charge is 2.40. The average molecular weight is 307 g/mol. The fourth-order valence-electron chi connectivity index (χ4n) is 1.58. The number of sulfone groups is 2. The van der Waals surface area contributed by atoms with Crippen LogP contribution in [0.3, 0.4) is 0 Å². The van der Waals surface area contributed by atoms with Crippen molar-refractivity contribution in [1.29, 1.82) is 0 Å². The van der Waals surface area contributed by atoms with Crippen LogP contribution in [0.2, 0.25) is 0 Å². The second-order valence-corrected chi connectivity index (χ2v) is 8.05. The van der Waals surface area contributed by atoms with Crippen molar-refractivity contribution < 1.29 is 16.8 Å². The van der Waals surface area contributed by atoms with E-state index in [-0.39, 0.29) is 9.79 Å². The molecule has 0 radical (unpaired) electrons. The van der Waals surface area contributed by atoms with Gasteiger partial charge < -0.3 is 0 Å². The molecule has 0 aromatic heterocycles. The van der Waals surface area contributed by atoms with E-state index in [0.29, 0.717) is 0 Å². The van der Waals surface area contributed by atoms with E-state index in [1.807, 2.05) is 0 Å². The fourth-order valence-corrected chi connectivity index (χ4v) is 4.80. The van der Waals surface area contributed by atoms with Gasteiger partial charge in [-0.1, -0.05) is 36.4 Å². The molecule has 2 aromatic carbocycles. The summed E-state index contributed by atoms with van der Waals surface area (Å²) in [5.74, 6) is 0. The van der Waals surface area contributed by atoms with Gasteiger partial charge in [0.05, 0.1) is 9.79 Å². The molecule has 0 aliphatic heterocycles. The van der Waals surface area contributed by atoms with E-state index < -0.39 is 23.9 Å². The van der Waals surface area contributed by atoms with Crippen LogP contribution >= 0.6 is 0 Å². The monoisotopic (exact) mass is 307 g/mol. The van der Waals surface area contributed by atoms with Gasteiger partial charge in [0, 0.05) is 0 Å². The molecular weight excluding hydrogens is 296 g/mol. The van der Waals surface area contributed by atoms with E-state index in [0.717, 1.165) is 0 Å². The Labute approximate surface area is 118 Å². The number of hydrogen-bond acceptors (Lipinski definition) is 4. The van der Waals surface area contributed by atoms with Crippen LogP contribution in [0.5, 0.6) is 0 Å². The summed E-state index contributed by atoms with van der Waals surface area (Å²) < 4.78 is 47.8. The average Bonchev–Trinajstić information content (AvgIpc) is 2.48. The first-order valence-electron chi connectivity index (χ1n) is 5.59. The zero-order valence-corrected chi connectivity index (χ0v) is 11.9. The van der Waals surface area contributed by atoms with E-state index in [1.54, 1.807) is 12.1 Å². The molecule has 0 bridgehead atoms. The van der Waals surface area contributed by atoms with Gasteiger partial charge in [-0.2, -0.15) is 0 Å². The van der Waals surface area contributed by atoms with Gasteiger partial charge in [-0.05, 0) is 24.3 Å². The van der Waals surface area contributed by atoms with Crippen molar-refractivity contribution in [2.75, 3.05) is 0 Å². The fraction of sp³-hybridized carbons (Fsp3) is 0. The van der Waals surface area contributed by atoms with E-state index in [4.69, 9.17) is 6.58 Å². The molecule has 0 amide bonds. The lowest BCUT2D eigenvalue weighted by Gasteiger charge is -2.03. The van der Waals surface area contributed by atoms with E-state index in [1.165, 1.54) is 48.5 Å². The Hall–Kier alpha value is -2.01. The first kappa shape index (κ1) is 14.4. The second-order valence-electron chi connectivity index (χ2n) is 3.95. The lowest BCUT2D eigenvalue weighted by molar-refractivity contribution is 0.595. The highest BCUT2D eigenvalue weighted by atomic mass is 32.3. The van der Waals surface area contributed by atoms with Gasteiger partial charge in [-0.3, -0.25) is 0 Å². The zero-order chi connectivity index (χ0) is 14.8. The van der Waals surface area contributed by atoms with Crippen LogP contribution < -0.4 is 0 Å². The molecular formula is C14H11O4S2+.